The van der Waals surface area contributed by atoms with Gasteiger partial charge in [-0.1, -0.05) is 26.0 Å². The van der Waals surface area contributed by atoms with Crippen LogP contribution >= 0.6 is 0 Å². The van der Waals surface area contributed by atoms with Gasteiger partial charge < -0.3 is 5.32 Å². The molecular weight excluding hydrogens is 212 g/mol. The Morgan fingerprint density at radius 1 is 1.35 bits per heavy atom. The fourth-order valence-corrected chi connectivity index (χ4v) is 1.61. The van der Waals surface area contributed by atoms with Gasteiger partial charge in [-0.15, -0.1) is 0 Å². The van der Waals surface area contributed by atoms with Crippen LogP contribution in [0.15, 0.2) is 18.2 Å². The fourth-order valence-electron chi connectivity index (χ4n) is 1.61. The first-order valence-corrected chi connectivity index (χ1v) is 5.74. The van der Waals surface area contributed by atoms with E-state index in [9.17, 15) is 4.79 Å². The lowest BCUT2D eigenvalue weighted by atomic mass is 9.96. The minimum atomic E-state index is -0.602. The minimum Gasteiger partial charge on any atom is -0.325 e. The van der Waals surface area contributed by atoms with Gasteiger partial charge in [-0.2, -0.15) is 5.26 Å². The summed E-state index contributed by atoms with van der Waals surface area (Å²) in [6, 6.07) is 7.79. The maximum atomic E-state index is 11.9. The number of benzene rings is 1. The lowest BCUT2D eigenvalue weighted by Gasteiger charge is -2.15. The van der Waals surface area contributed by atoms with E-state index in [0.717, 1.165) is 16.8 Å². The van der Waals surface area contributed by atoms with Crippen LogP contribution in [0.3, 0.4) is 0 Å². The Hall–Kier alpha value is -1.82. The Morgan fingerprint density at radius 3 is 2.53 bits per heavy atom. The molecule has 1 aromatic carbocycles. The van der Waals surface area contributed by atoms with Gasteiger partial charge in [-0.25, -0.2) is 0 Å². The predicted octanol–water partition coefficient (Wildman–Crippen LogP) is 3.04. The summed E-state index contributed by atoms with van der Waals surface area (Å²) < 4.78 is 0. The summed E-state index contributed by atoms with van der Waals surface area (Å²) in [6.45, 7) is 7.70. The van der Waals surface area contributed by atoms with Crippen LogP contribution in [-0.4, -0.2) is 5.91 Å². The molecular formula is C14H18N2O. The predicted molar refractivity (Wildman–Crippen MR) is 68.5 cm³/mol. The van der Waals surface area contributed by atoms with Crippen molar-refractivity contribution >= 4 is 11.6 Å². The quantitative estimate of drug-likeness (QED) is 0.867. The lowest BCUT2D eigenvalue weighted by Crippen LogP contribution is -2.26. The van der Waals surface area contributed by atoms with E-state index >= 15 is 0 Å². The molecule has 0 aliphatic carbocycles. The average molecular weight is 230 g/mol. The maximum absolute atomic E-state index is 11.9. The molecule has 90 valence electrons. The second kappa shape index (κ2) is 5.49. The first-order valence-electron chi connectivity index (χ1n) is 5.74. The first-order chi connectivity index (χ1) is 7.97. The number of carbonyl (C=O) groups excluding carboxylic acids is 1. The molecule has 3 nitrogen and oxygen atoms in total. The molecule has 1 unspecified atom stereocenters. The topological polar surface area (TPSA) is 52.9 Å². The monoisotopic (exact) mass is 230 g/mol. The summed E-state index contributed by atoms with van der Waals surface area (Å²) >= 11 is 0. The molecule has 0 aliphatic rings. The van der Waals surface area contributed by atoms with E-state index in [-0.39, 0.29) is 11.8 Å². The van der Waals surface area contributed by atoms with Gasteiger partial charge in [0.1, 0.15) is 5.92 Å². The Morgan fingerprint density at radius 2 is 2.00 bits per heavy atom. The van der Waals surface area contributed by atoms with Crippen molar-refractivity contribution in [3.63, 3.8) is 0 Å². The number of nitrogens with zero attached hydrogens (tertiary/aromatic N) is 1. The van der Waals surface area contributed by atoms with Gasteiger partial charge in [0.05, 0.1) is 6.07 Å². The van der Waals surface area contributed by atoms with Crippen LogP contribution in [0.5, 0.6) is 0 Å². The third kappa shape index (κ3) is 3.07. The Balaban J connectivity index is 2.89. The summed E-state index contributed by atoms with van der Waals surface area (Å²) in [4.78, 5) is 11.9. The summed E-state index contributed by atoms with van der Waals surface area (Å²) in [5.41, 5.74) is 2.96. The van der Waals surface area contributed by atoms with Crippen molar-refractivity contribution in [3.8, 4) is 6.07 Å². The summed E-state index contributed by atoms with van der Waals surface area (Å²) in [7, 11) is 0. The number of amides is 1. The van der Waals surface area contributed by atoms with Crippen molar-refractivity contribution in [1.82, 2.24) is 0 Å². The first kappa shape index (κ1) is 13.2. The van der Waals surface area contributed by atoms with E-state index in [4.69, 9.17) is 5.26 Å². The number of hydrogen-bond acceptors (Lipinski definition) is 2. The highest BCUT2D eigenvalue weighted by Gasteiger charge is 2.22. The number of anilines is 1. The molecule has 1 atom stereocenters. The van der Waals surface area contributed by atoms with Crippen molar-refractivity contribution in [2.45, 2.75) is 27.7 Å². The zero-order chi connectivity index (χ0) is 13.0. The molecule has 3 heteroatoms. The molecule has 1 amide bonds. The van der Waals surface area contributed by atoms with Crippen molar-refractivity contribution in [1.29, 1.82) is 5.26 Å². The number of nitriles is 1. The summed E-state index contributed by atoms with van der Waals surface area (Å²) in [5, 5.41) is 11.8. The highest BCUT2D eigenvalue weighted by Crippen LogP contribution is 2.20. The Bertz CT molecular complexity index is 458. The van der Waals surface area contributed by atoms with Gasteiger partial charge >= 0.3 is 0 Å². The zero-order valence-electron chi connectivity index (χ0n) is 10.7. The SMILES string of the molecule is Cc1cccc(NC(=O)C(C#N)C(C)C)c1C. The number of aryl methyl sites for hydroxylation is 1. The Labute approximate surface area is 102 Å². The zero-order valence-corrected chi connectivity index (χ0v) is 10.7. The van der Waals surface area contributed by atoms with Crippen LogP contribution in [0, 0.1) is 37.0 Å². The minimum absolute atomic E-state index is 0.0186. The fraction of sp³-hybridized carbons (Fsp3) is 0.429. The smallest absolute Gasteiger partial charge is 0.241 e. The summed E-state index contributed by atoms with van der Waals surface area (Å²) in [6.07, 6.45) is 0. The van der Waals surface area contributed by atoms with Gasteiger partial charge in [0.2, 0.25) is 5.91 Å². The Kier molecular flexibility index (Phi) is 4.28. The van der Waals surface area contributed by atoms with E-state index in [0.29, 0.717) is 0 Å². The van der Waals surface area contributed by atoms with Crippen molar-refractivity contribution < 1.29 is 4.79 Å². The van der Waals surface area contributed by atoms with Crippen LogP contribution in [0.4, 0.5) is 5.69 Å². The van der Waals surface area contributed by atoms with Gasteiger partial charge in [0, 0.05) is 5.69 Å². The molecule has 0 aliphatic heterocycles. The van der Waals surface area contributed by atoms with E-state index in [2.05, 4.69) is 5.32 Å². The van der Waals surface area contributed by atoms with Crippen LogP contribution < -0.4 is 5.32 Å². The second-order valence-corrected chi connectivity index (χ2v) is 4.59. The highest BCUT2D eigenvalue weighted by molar-refractivity contribution is 5.95. The molecule has 0 radical (unpaired) electrons. The summed E-state index contributed by atoms with van der Waals surface area (Å²) in [5.74, 6) is -0.809. The molecule has 17 heavy (non-hydrogen) atoms. The molecule has 0 aromatic heterocycles. The third-order valence-electron chi connectivity index (χ3n) is 2.95. The van der Waals surface area contributed by atoms with Gasteiger partial charge in [-0.3, -0.25) is 4.79 Å². The van der Waals surface area contributed by atoms with E-state index in [1.54, 1.807) is 0 Å². The molecule has 0 spiro atoms. The van der Waals surface area contributed by atoms with Crippen molar-refractivity contribution in [3.05, 3.63) is 29.3 Å². The van der Waals surface area contributed by atoms with Crippen LogP contribution in [0.25, 0.3) is 0 Å². The van der Waals surface area contributed by atoms with Gasteiger partial charge in [0.25, 0.3) is 0 Å². The lowest BCUT2D eigenvalue weighted by molar-refractivity contribution is -0.119. The normalized spacial score (nSPS) is 12.0. The van der Waals surface area contributed by atoms with Crippen LogP contribution in [-0.2, 0) is 4.79 Å². The highest BCUT2D eigenvalue weighted by atomic mass is 16.1. The van der Waals surface area contributed by atoms with Gasteiger partial charge in [0.15, 0.2) is 0 Å². The molecule has 0 fully saturated rings. The van der Waals surface area contributed by atoms with Crippen LogP contribution in [0.1, 0.15) is 25.0 Å². The third-order valence-corrected chi connectivity index (χ3v) is 2.95. The molecule has 0 saturated carbocycles. The number of rotatable bonds is 3. The number of hydrogen-bond donors (Lipinski definition) is 1. The van der Waals surface area contributed by atoms with E-state index < -0.39 is 5.92 Å². The standard InChI is InChI=1S/C14H18N2O/c1-9(2)12(8-15)14(17)16-13-7-5-6-10(3)11(13)4/h5-7,9,12H,1-4H3,(H,16,17). The molecule has 0 saturated heterocycles. The van der Waals surface area contributed by atoms with Crippen molar-refractivity contribution in [2.75, 3.05) is 5.32 Å². The van der Waals surface area contributed by atoms with E-state index in [1.807, 2.05) is 52.0 Å². The molecule has 1 rings (SSSR count). The van der Waals surface area contributed by atoms with E-state index in [1.165, 1.54) is 0 Å². The number of nitrogens with one attached hydrogen (secondary N) is 1. The molecule has 1 N–H and O–H groups in total. The average Bonchev–Trinajstić information content (AvgIpc) is 2.25. The molecule has 0 heterocycles. The largest absolute Gasteiger partial charge is 0.325 e. The second-order valence-electron chi connectivity index (χ2n) is 4.59. The van der Waals surface area contributed by atoms with Crippen molar-refractivity contribution in [2.24, 2.45) is 11.8 Å². The van der Waals surface area contributed by atoms with Gasteiger partial charge in [-0.05, 0) is 37.0 Å². The number of carbonyl (C=O) groups is 1. The maximum Gasteiger partial charge on any atom is 0.241 e. The molecule has 0 bridgehead atoms. The molecule has 1 aromatic rings. The van der Waals surface area contributed by atoms with Crippen LogP contribution in [0.2, 0.25) is 0 Å².